The van der Waals surface area contributed by atoms with Crippen molar-refractivity contribution in [1.82, 2.24) is 20.4 Å². The molecule has 116 valence electrons. The fraction of sp³-hybridized carbons (Fsp3) is 0.400. The minimum absolute atomic E-state index is 0.281. The number of carbonyl (C=O) groups is 1. The average Bonchev–Trinajstić information content (AvgIpc) is 2.54. The Morgan fingerprint density at radius 2 is 1.82 bits per heavy atom. The lowest BCUT2D eigenvalue weighted by atomic mass is 10.0. The molecule has 0 aliphatic heterocycles. The summed E-state index contributed by atoms with van der Waals surface area (Å²) in [5.74, 6) is 0.0902. The predicted octanol–water partition coefficient (Wildman–Crippen LogP) is 1.23. The Balaban J connectivity index is 2.05. The first-order chi connectivity index (χ1) is 10.6. The molecular weight excluding hydrogens is 282 g/mol. The van der Waals surface area contributed by atoms with Crippen molar-refractivity contribution in [3.8, 4) is 11.4 Å². The second kappa shape index (κ2) is 7.56. The Kier molecular flexibility index (Phi) is 5.48. The molecule has 1 aromatic carbocycles. The van der Waals surface area contributed by atoms with Crippen LogP contribution < -0.4 is 5.73 Å². The first kappa shape index (κ1) is 16.0. The van der Waals surface area contributed by atoms with Crippen LogP contribution in [0.2, 0.25) is 0 Å². The van der Waals surface area contributed by atoms with E-state index in [4.69, 9.17) is 10.8 Å². The van der Waals surface area contributed by atoms with Crippen LogP contribution in [0.1, 0.15) is 31.2 Å². The number of nitrogens with two attached hydrogens (primary N) is 1. The minimum Gasteiger partial charge on any atom is -0.480 e. The highest BCUT2D eigenvalue weighted by atomic mass is 16.4. The summed E-state index contributed by atoms with van der Waals surface area (Å²) in [6.45, 7) is 2.10. The van der Waals surface area contributed by atoms with E-state index >= 15 is 0 Å². The standard InChI is InChI=1S/C15H19N5O2/c1-2-3-4-13-17-19-14(20-18-13)11-7-5-10(6-8-11)9-12(16)15(21)22/h5-8,12H,2-4,9,16H2,1H3,(H,21,22)/t12-/m0/s1. The third-order valence-electron chi connectivity index (χ3n) is 3.26. The Morgan fingerprint density at radius 3 is 2.36 bits per heavy atom. The van der Waals surface area contributed by atoms with E-state index < -0.39 is 12.0 Å². The highest BCUT2D eigenvalue weighted by Gasteiger charge is 2.12. The highest BCUT2D eigenvalue weighted by molar-refractivity contribution is 5.73. The molecule has 1 atom stereocenters. The monoisotopic (exact) mass is 301 g/mol. The fourth-order valence-electron chi connectivity index (χ4n) is 1.93. The summed E-state index contributed by atoms with van der Waals surface area (Å²) in [7, 11) is 0. The van der Waals surface area contributed by atoms with Crippen molar-refractivity contribution in [3.05, 3.63) is 35.7 Å². The first-order valence-corrected chi connectivity index (χ1v) is 7.24. The third kappa shape index (κ3) is 4.29. The molecule has 1 aromatic heterocycles. The average molecular weight is 301 g/mol. The van der Waals surface area contributed by atoms with Crippen LogP contribution in [-0.2, 0) is 17.6 Å². The van der Waals surface area contributed by atoms with Crippen LogP contribution in [0, 0.1) is 0 Å². The van der Waals surface area contributed by atoms with Crippen molar-refractivity contribution < 1.29 is 9.90 Å². The highest BCUT2D eigenvalue weighted by Crippen LogP contribution is 2.15. The maximum absolute atomic E-state index is 10.7. The van der Waals surface area contributed by atoms with Crippen molar-refractivity contribution in [3.63, 3.8) is 0 Å². The molecule has 1 heterocycles. The number of carboxylic acids is 1. The first-order valence-electron chi connectivity index (χ1n) is 7.24. The van der Waals surface area contributed by atoms with Gasteiger partial charge in [-0.1, -0.05) is 37.6 Å². The summed E-state index contributed by atoms with van der Waals surface area (Å²) in [6.07, 6.45) is 3.15. The number of aryl methyl sites for hydroxylation is 1. The van der Waals surface area contributed by atoms with Gasteiger partial charge in [0.15, 0.2) is 5.82 Å². The summed E-state index contributed by atoms with van der Waals surface area (Å²) >= 11 is 0. The Morgan fingerprint density at radius 1 is 1.18 bits per heavy atom. The second-order valence-electron chi connectivity index (χ2n) is 5.09. The summed E-state index contributed by atoms with van der Waals surface area (Å²) in [5.41, 5.74) is 7.14. The molecule has 0 amide bonds. The molecular formula is C15H19N5O2. The van der Waals surface area contributed by atoms with E-state index in [0.29, 0.717) is 11.6 Å². The van der Waals surface area contributed by atoms with Gasteiger partial charge in [0, 0.05) is 12.0 Å². The van der Waals surface area contributed by atoms with Gasteiger partial charge in [-0.25, -0.2) is 0 Å². The van der Waals surface area contributed by atoms with Crippen LogP contribution in [0.15, 0.2) is 24.3 Å². The van der Waals surface area contributed by atoms with Gasteiger partial charge in [-0.2, -0.15) is 0 Å². The zero-order valence-electron chi connectivity index (χ0n) is 12.4. The van der Waals surface area contributed by atoms with Crippen molar-refractivity contribution >= 4 is 5.97 Å². The van der Waals surface area contributed by atoms with Crippen LogP contribution in [-0.4, -0.2) is 37.5 Å². The summed E-state index contributed by atoms with van der Waals surface area (Å²) in [4.78, 5) is 10.7. The zero-order valence-corrected chi connectivity index (χ0v) is 12.4. The van der Waals surface area contributed by atoms with Gasteiger partial charge in [-0.15, -0.1) is 20.4 Å². The summed E-state index contributed by atoms with van der Waals surface area (Å²) < 4.78 is 0. The van der Waals surface area contributed by atoms with E-state index in [1.807, 2.05) is 24.3 Å². The molecule has 0 saturated carbocycles. The molecule has 0 unspecified atom stereocenters. The third-order valence-corrected chi connectivity index (χ3v) is 3.26. The van der Waals surface area contributed by atoms with E-state index in [2.05, 4.69) is 27.3 Å². The van der Waals surface area contributed by atoms with Crippen LogP contribution in [0.4, 0.5) is 0 Å². The molecule has 2 aromatic rings. The molecule has 0 bridgehead atoms. The van der Waals surface area contributed by atoms with Gasteiger partial charge >= 0.3 is 5.97 Å². The normalized spacial score (nSPS) is 12.1. The Hall–Kier alpha value is -2.41. The van der Waals surface area contributed by atoms with Crippen molar-refractivity contribution in [2.75, 3.05) is 0 Å². The summed E-state index contributed by atoms with van der Waals surface area (Å²) in [6, 6.07) is 6.35. The topological polar surface area (TPSA) is 115 Å². The van der Waals surface area contributed by atoms with E-state index in [-0.39, 0.29) is 6.42 Å². The predicted molar refractivity (Wildman–Crippen MR) is 81.0 cm³/mol. The van der Waals surface area contributed by atoms with Crippen LogP contribution >= 0.6 is 0 Å². The Labute approximate surface area is 128 Å². The fourth-order valence-corrected chi connectivity index (χ4v) is 1.93. The van der Waals surface area contributed by atoms with Gasteiger partial charge in [0.25, 0.3) is 0 Å². The van der Waals surface area contributed by atoms with E-state index in [1.165, 1.54) is 0 Å². The molecule has 0 fully saturated rings. The van der Waals surface area contributed by atoms with Gasteiger partial charge in [0.2, 0.25) is 5.82 Å². The molecule has 22 heavy (non-hydrogen) atoms. The number of unbranched alkanes of at least 4 members (excludes halogenated alkanes) is 1. The molecule has 0 radical (unpaired) electrons. The zero-order chi connectivity index (χ0) is 15.9. The van der Waals surface area contributed by atoms with E-state index in [1.54, 1.807) is 0 Å². The van der Waals surface area contributed by atoms with Crippen molar-refractivity contribution in [2.45, 2.75) is 38.6 Å². The molecule has 3 N–H and O–H groups in total. The minimum atomic E-state index is -1.01. The number of nitrogens with zero attached hydrogens (tertiary/aromatic N) is 4. The van der Waals surface area contributed by atoms with Gasteiger partial charge < -0.3 is 10.8 Å². The number of hydrogen-bond acceptors (Lipinski definition) is 6. The molecule has 2 rings (SSSR count). The number of hydrogen-bond donors (Lipinski definition) is 2. The van der Waals surface area contributed by atoms with Crippen molar-refractivity contribution in [2.24, 2.45) is 5.73 Å². The number of rotatable bonds is 7. The number of aliphatic carboxylic acids is 1. The molecule has 0 aliphatic carbocycles. The number of benzene rings is 1. The lowest BCUT2D eigenvalue weighted by molar-refractivity contribution is -0.138. The van der Waals surface area contributed by atoms with E-state index in [9.17, 15) is 4.79 Å². The maximum atomic E-state index is 10.7. The van der Waals surface area contributed by atoms with Gasteiger partial charge in [-0.05, 0) is 18.4 Å². The molecule has 0 spiro atoms. The van der Waals surface area contributed by atoms with Crippen LogP contribution in [0.5, 0.6) is 0 Å². The lowest BCUT2D eigenvalue weighted by Crippen LogP contribution is -2.32. The molecule has 7 nitrogen and oxygen atoms in total. The van der Waals surface area contributed by atoms with Crippen molar-refractivity contribution in [1.29, 1.82) is 0 Å². The second-order valence-corrected chi connectivity index (χ2v) is 5.09. The summed E-state index contributed by atoms with van der Waals surface area (Å²) in [5, 5.41) is 25.1. The quantitative estimate of drug-likeness (QED) is 0.790. The number of aromatic nitrogens is 4. The molecule has 0 aliphatic rings. The number of carboxylic acid groups (broad SMARTS) is 1. The van der Waals surface area contributed by atoms with Crippen LogP contribution in [0.3, 0.4) is 0 Å². The molecule has 7 heteroatoms. The van der Waals surface area contributed by atoms with Gasteiger partial charge in [0.05, 0.1) is 0 Å². The van der Waals surface area contributed by atoms with Gasteiger partial charge in [-0.3, -0.25) is 4.79 Å². The molecule has 0 saturated heterocycles. The van der Waals surface area contributed by atoms with E-state index in [0.717, 1.165) is 30.4 Å². The largest absolute Gasteiger partial charge is 0.480 e. The van der Waals surface area contributed by atoms with Crippen LogP contribution in [0.25, 0.3) is 11.4 Å². The van der Waals surface area contributed by atoms with Gasteiger partial charge in [0.1, 0.15) is 6.04 Å². The Bertz CT molecular complexity index is 613. The SMILES string of the molecule is CCCCc1nnc(-c2ccc(C[C@H](N)C(=O)O)cc2)nn1. The smallest absolute Gasteiger partial charge is 0.320 e. The maximum Gasteiger partial charge on any atom is 0.320 e. The lowest BCUT2D eigenvalue weighted by Gasteiger charge is -2.07.